The normalized spacial score (nSPS) is 18.9. The van der Waals surface area contributed by atoms with Gasteiger partial charge in [0, 0.05) is 37.2 Å². The molecule has 2 heterocycles. The minimum Gasteiger partial charge on any atom is -0.329 e. The molecule has 4 amide bonds. The van der Waals surface area contributed by atoms with Crippen molar-refractivity contribution in [1.82, 2.24) is 10.1 Å². The van der Waals surface area contributed by atoms with Crippen LogP contribution in [0.3, 0.4) is 0 Å². The summed E-state index contributed by atoms with van der Waals surface area (Å²) in [6.45, 7) is 0. The third-order valence-electron chi connectivity index (χ3n) is 4.14. The number of hydroxylamine groups is 4. The van der Waals surface area contributed by atoms with Crippen LogP contribution in [0.25, 0.3) is 0 Å². The molecule has 0 bridgehead atoms. The van der Waals surface area contributed by atoms with Crippen LogP contribution in [0.5, 0.6) is 0 Å². The van der Waals surface area contributed by atoms with E-state index >= 15 is 0 Å². The molecule has 2 unspecified atom stereocenters. The van der Waals surface area contributed by atoms with Gasteiger partial charge < -0.3 is 9.68 Å². The van der Waals surface area contributed by atoms with Gasteiger partial charge in [0.1, 0.15) is 0 Å². The lowest BCUT2D eigenvalue weighted by molar-refractivity contribution is -0.197. The van der Waals surface area contributed by atoms with Crippen molar-refractivity contribution in [3.8, 4) is 0 Å². The van der Waals surface area contributed by atoms with Crippen molar-refractivity contribution in [3.63, 3.8) is 0 Å². The van der Waals surface area contributed by atoms with E-state index in [1.807, 2.05) is 0 Å². The largest absolute Gasteiger partial charge is 0.354 e. The summed E-state index contributed by atoms with van der Waals surface area (Å²) in [5.74, 6) is -8.55. The van der Waals surface area contributed by atoms with Crippen LogP contribution in [-0.2, 0) is 58.7 Å². The summed E-state index contributed by atoms with van der Waals surface area (Å²) in [5, 5.41) is -4.49. The highest BCUT2D eigenvalue weighted by Crippen LogP contribution is 2.28. The standard InChI is InChI=1S/C14H16N2O14S4/c17-9-1-2-10(18)15(9)29-13(21)7(33(23,24)25)5-31-32-6-8(34(26,27)28)14(22)30-16-11(19)3-4-12(16)20/h7-8H,1-6H2,(H,23,24,25)(H,26,27,28). The molecule has 0 aromatic heterocycles. The van der Waals surface area contributed by atoms with Crippen molar-refractivity contribution >= 4 is 77.4 Å². The van der Waals surface area contributed by atoms with Gasteiger partial charge in [-0.2, -0.15) is 16.8 Å². The molecule has 0 aliphatic carbocycles. The summed E-state index contributed by atoms with van der Waals surface area (Å²) in [5.41, 5.74) is 0. The topological polar surface area (TPSA) is 236 Å². The molecule has 2 saturated heterocycles. The summed E-state index contributed by atoms with van der Waals surface area (Å²) >= 11 is 0. The third kappa shape index (κ3) is 7.12. The van der Waals surface area contributed by atoms with Crippen molar-refractivity contribution < 1.29 is 64.4 Å². The van der Waals surface area contributed by atoms with Crippen LogP contribution in [0, 0.1) is 0 Å². The summed E-state index contributed by atoms with van der Waals surface area (Å²) in [4.78, 5) is 79.0. The van der Waals surface area contributed by atoms with E-state index in [4.69, 9.17) is 0 Å². The molecule has 2 rings (SSSR count). The number of amides is 4. The van der Waals surface area contributed by atoms with E-state index in [-0.39, 0.29) is 35.8 Å². The molecule has 2 fully saturated rings. The zero-order valence-electron chi connectivity index (χ0n) is 16.7. The molecule has 0 radical (unpaired) electrons. The zero-order valence-corrected chi connectivity index (χ0v) is 20.0. The zero-order chi connectivity index (χ0) is 25.8. The highest BCUT2D eigenvalue weighted by molar-refractivity contribution is 8.76. The van der Waals surface area contributed by atoms with Crippen LogP contribution >= 0.6 is 21.6 Å². The molecule has 0 spiro atoms. The maximum absolute atomic E-state index is 12.1. The maximum atomic E-state index is 12.1. The van der Waals surface area contributed by atoms with Crippen LogP contribution in [0.4, 0.5) is 0 Å². The number of carbonyl (C=O) groups excluding carboxylic acids is 6. The second kappa shape index (κ2) is 11.0. The molecule has 0 aromatic carbocycles. The minimum atomic E-state index is -5.11. The monoisotopic (exact) mass is 564 g/mol. The van der Waals surface area contributed by atoms with Gasteiger partial charge in [-0.25, -0.2) is 9.59 Å². The molecule has 2 atom stereocenters. The second-order valence-electron chi connectivity index (χ2n) is 6.56. The van der Waals surface area contributed by atoms with E-state index in [0.717, 1.165) is 0 Å². The van der Waals surface area contributed by atoms with Gasteiger partial charge >= 0.3 is 11.9 Å². The van der Waals surface area contributed by atoms with Crippen molar-refractivity contribution in [2.45, 2.75) is 36.2 Å². The van der Waals surface area contributed by atoms with E-state index < -0.39 is 77.8 Å². The Bertz CT molecular complexity index is 997. The van der Waals surface area contributed by atoms with Gasteiger partial charge in [0.25, 0.3) is 43.9 Å². The number of rotatable bonds is 11. The Labute approximate surface area is 199 Å². The summed E-state index contributed by atoms with van der Waals surface area (Å²) in [6.07, 6.45) is -1.08. The van der Waals surface area contributed by atoms with Gasteiger partial charge in [-0.3, -0.25) is 28.3 Å². The SMILES string of the molecule is O=C(ON1C(=O)CCC1=O)C(CSSCC(C(=O)ON1C(=O)CCC1=O)S(=O)(=O)O)S(=O)(=O)O. The Kier molecular flexibility index (Phi) is 9.04. The number of nitrogens with zero attached hydrogens (tertiary/aromatic N) is 2. The lowest BCUT2D eigenvalue weighted by Gasteiger charge is -2.18. The molecule has 16 nitrogen and oxygen atoms in total. The molecular formula is C14H16N2O14S4. The number of hydrogen-bond acceptors (Lipinski definition) is 14. The minimum absolute atomic E-state index is 0.0592. The quantitative estimate of drug-likeness (QED) is 0.120. The van der Waals surface area contributed by atoms with Crippen LogP contribution in [-0.4, -0.2) is 93.6 Å². The van der Waals surface area contributed by atoms with Crippen LogP contribution < -0.4 is 0 Å². The predicted molar refractivity (Wildman–Crippen MR) is 110 cm³/mol. The Balaban J connectivity index is 1.98. The molecule has 0 aromatic rings. The molecule has 190 valence electrons. The lowest BCUT2D eigenvalue weighted by Crippen LogP contribution is -2.41. The summed E-state index contributed by atoms with van der Waals surface area (Å²) in [7, 11) is -9.35. The van der Waals surface area contributed by atoms with E-state index in [2.05, 4.69) is 9.68 Å². The van der Waals surface area contributed by atoms with Crippen LogP contribution in [0.1, 0.15) is 25.7 Å². The first kappa shape index (κ1) is 28.0. The van der Waals surface area contributed by atoms with E-state index in [0.29, 0.717) is 21.6 Å². The van der Waals surface area contributed by atoms with Crippen molar-refractivity contribution in [3.05, 3.63) is 0 Å². The molecule has 34 heavy (non-hydrogen) atoms. The van der Waals surface area contributed by atoms with E-state index in [1.54, 1.807) is 0 Å². The van der Waals surface area contributed by atoms with Gasteiger partial charge in [-0.1, -0.05) is 21.6 Å². The molecular weight excluding hydrogens is 548 g/mol. The number of hydrogen-bond donors (Lipinski definition) is 2. The maximum Gasteiger partial charge on any atom is 0.354 e. The van der Waals surface area contributed by atoms with Gasteiger partial charge in [0.05, 0.1) is 0 Å². The average Bonchev–Trinajstić information content (AvgIpc) is 3.18. The first-order valence-corrected chi connectivity index (χ1v) is 14.4. The summed E-state index contributed by atoms with van der Waals surface area (Å²) < 4.78 is 64.6. The van der Waals surface area contributed by atoms with Crippen molar-refractivity contribution in [2.75, 3.05) is 11.5 Å². The third-order valence-corrected chi connectivity index (χ3v) is 9.14. The number of imide groups is 2. The first-order valence-electron chi connectivity index (χ1n) is 8.95. The van der Waals surface area contributed by atoms with Gasteiger partial charge in [0.15, 0.2) is 10.5 Å². The van der Waals surface area contributed by atoms with Gasteiger partial charge in [0.2, 0.25) is 0 Å². The highest BCUT2D eigenvalue weighted by Gasteiger charge is 2.41. The van der Waals surface area contributed by atoms with Crippen LogP contribution in [0.15, 0.2) is 0 Å². The van der Waals surface area contributed by atoms with E-state index in [9.17, 15) is 54.7 Å². The van der Waals surface area contributed by atoms with Gasteiger partial charge in [-0.15, -0.1) is 10.1 Å². The smallest absolute Gasteiger partial charge is 0.329 e. The Hall–Kier alpha value is -2.26. The fourth-order valence-corrected chi connectivity index (χ4v) is 7.36. The fourth-order valence-electron chi connectivity index (χ4n) is 2.38. The predicted octanol–water partition coefficient (Wildman–Crippen LogP) is -1.90. The molecule has 2 aliphatic rings. The highest BCUT2D eigenvalue weighted by atomic mass is 33.1. The number of carbonyl (C=O) groups is 6. The molecule has 2 N–H and O–H groups in total. The average molecular weight is 565 g/mol. The van der Waals surface area contributed by atoms with Crippen LogP contribution in [0.2, 0.25) is 0 Å². The molecule has 0 saturated carbocycles. The second-order valence-corrected chi connectivity index (χ2v) is 12.3. The lowest BCUT2D eigenvalue weighted by atomic mass is 10.4. The van der Waals surface area contributed by atoms with E-state index in [1.165, 1.54) is 0 Å². The van der Waals surface area contributed by atoms with Gasteiger partial charge in [-0.05, 0) is 0 Å². The van der Waals surface area contributed by atoms with Crippen molar-refractivity contribution in [2.24, 2.45) is 0 Å². The van der Waals surface area contributed by atoms with Crippen molar-refractivity contribution in [1.29, 1.82) is 0 Å². The Morgan fingerprint density at radius 1 is 0.706 bits per heavy atom. The molecule has 2 aliphatic heterocycles. The first-order chi connectivity index (χ1) is 15.6. The summed E-state index contributed by atoms with van der Waals surface area (Å²) in [6, 6.07) is 0. The Morgan fingerprint density at radius 2 is 0.971 bits per heavy atom. The fraction of sp³-hybridized carbons (Fsp3) is 0.571. The Morgan fingerprint density at radius 3 is 1.21 bits per heavy atom. The molecule has 20 heteroatoms.